The third-order valence-corrected chi connectivity index (χ3v) is 6.93. The van der Waals surface area contributed by atoms with Crippen molar-refractivity contribution in [3.8, 4) is 5.75 Å². The third-order valence-electron chi connectivity index (χ3n) is 6.35. The molecule has 0 unspecified atom stereocenters. The lowest BCUT2D eigenvalue weighted by Gasteiger charge is -2.13. The van der Waals surface area contributed by atoms with E-state index >= 15 is 0 Å². The lowest BCUT2D eigenvalue weighted by Crippen LogP contribution is -2.28. The van der Waals surface area contributed by atoms with Gasteiger partial charge in [-0.05, 0) is 42.5 Å². The monoisotopic (exact) mass is 485 g/mol. The van der Waals surface area contributed by atoms with Crippen LogP contribution < -0.4 is 4.74 Å². The number of benzene rings is 2. The molecule has 4 atom stereocenters. The number of halogens is 2. The minimum Gasteiger partial charge on any atom is -0.482 e. The molecule has 33 heavy (non-hydrogen) atoms. The normalized spacial score (nSPS) is 25.3. The Morgan fingerprint density at radius 2 is 1.79 bits per heavy atom. The number of allylic oxidation sites excluding steroid dienone is 2. The summed E-state index contributed by atoms with van der Waals surface area (Å²) in [5, 5.41) is 17.4. The molecule has 1 heterocycles. The molecule has 168 valence electrons. The van der Waals surface area contributed by atoms with Gasteiger partial charge in [0.05, 0.1) is 23.0 Å². The number of ether oxygens (including phenoxy) is 1. The van der Waals surface area contributed by atoms with E-state index in [9.17, 15) is 19.7 Å². The fourth-order valence-electron chi connectivity index (χ4n) is 4.80. The van der Waals surface area contributed by atoms with E-state index in [4.69, 9.17) is 27.9 Å². The van der Waals surface area contributed by atoms with Crippen LogP contribution in [-0.4, -0.2) is 28.0 Å². The molecule has 1 saturated carbocycles. The molecule has 8 nitrogen and oxygen atoms in total. The molecule has 1 aliphatic heterocycles. The van der Waals surface area contributed by atoms with Crippen molar-refractivity contribution in [3.63, 3.8) is 0 Å². The van der Waals surface area contributed by atoms with Gasteiger partial charge >= 0.3 is 5.69 Å². The maximum atomic E-state index is 12.7. The zero-order valence-electron chi connectivity index (χ0n) is 17.1. The molecular formula is C23H17Cl2N3O5. The minimum atomic E-state index is -0.573. The van der Waals surface area contributed by atoms with E-state index in [-0.39, 0.29) is 53.5 Å². The molecule has 10 heteroatoms. The predicted molar refractivity (Wildman–Crippen MR) is 121 cm³/mol. The average molecular weight is 486 g/mol. The van der Waals surface area contributed by atoms with Crippen LogP contribution >= 0.6 is 23.2 Å². The second kappa shape index (κ2) is 8.28. The number of nitrogens with zero attached hydrogens (tertiary/aromatic N) is 3. The number of hydrogen-bond donors (Lipinski definition) is 0. The van der Waals surface area contributed by atoms with Crippen molar-refractivity contribution in [2.24, 2.45) is 28.8 Å². The second-order valence-corrected chi connectivity index (χ2v) is 9.09. The summed E-state index contributed by atoms with van der Waals surface area (Å²) in [5.74, 6) is -1.11. The Morgan fingerprint density at radius 3 is 2.42 bits per heavy atom. The van der Waals surface area contributed by atoms with E-state index in [1.807, 2.05) is 12.2 Å². The number of amides is 2. The number of rotatable bonds is 6. The van der Waals surface area contributed by atoms with Gasteiger partial charge in [-0.15, -0.1) is 0 Å². The standard InChI is InChI=1S/C23H17Cl2N3O5/c24-16-5-4-15(17(25)9-16)11-33-19-6-1-12(7-18(19)28(31)32)10-26-27-22(29)20-13-2-3-14(8-13)21(20)23(27)30/h1-7,9-10,13-14,20-21H,8,11H2/t13-,14-,20-,21+/m0/s1. The summed E-state index contributed by atoms with van der Waals surface area (Å²) >= 11 is 12.0. The van der Waals surface area contributed by atoms with Crippen LogP contribution in [0.2, 0.25) is 10.0 Å². The zero-order valence-corrected chi connectivity index (χ0v) is 18.6. The van der Waals surface area contributed by atoms with Crippen LogP contribution in [0.4, 0.5) is 5.69 Å². The summed E-state index contributed by atoms with van der Waals surface area (Å²) in [7, 11) is 0. The van der Waals surface area contributed by atoms with Crippen LogP contribution in [0.25, 0.3) is 0 Å². The lowest BCUT2D eigenvalue weighted by molar-refractivity contribution is -0.385. The fourth-order valence-corrected chi connectivity index (χ4v) is 5.26. The molecule has 2 aromatic rings. The summed E-state index contributed by atoms with van der Waals surface area (Å²) in [4.78, 5) is 36.4. The molecule has 5 rings (SSSR count). The number of imide groups is 1. The second-order valence-electron chi connectivity index (χ2n) is 8.24. The molecule has 2 aromatic carbocycles. The van der Waals surface area contributed by atoms with Crippen molar-refractivity contribution in [2.45, 2.75) is 13.0 Å². The van der Waals surface area contributed by atoms with E-state index < -0.39 is 4.92 Å². The van der Waals surface area contributed by atoms with Crippen LogP contribution in [0.15, 0.2) is 53.7 Å². The first-order valence-electron chi connectivity index (χ1n) is 10.3. The van der Waals surface area contributed by atoms with Gasteiger partial charge in [-0.3, -0.25) is 19.7 Å². The Labute approximate surface area is 198 Å². The lowest BCUT2D eigenvalue weighted by atomic mass is 9.85. The number of nitro groups is 1. The highest BCUT2D eigenvalue weighted by molar-refractivity contribution is 6.35. The number of fused-ring (bicyclic) bond motifs is 5. The summed E-state index contributed by atoms with van der Waals surface area (Å²) in [6, 6.07) is 9.17. The Morgan fingerprint density at radius 1 is 1.09 bits per heavy atom. The Bertz CT molecular complexity index is 1210. The van der Waals surface area contributed by atoms with Crippen LogP contribution in [-0.2, 0) is 16.2 Å². The summed E-state index contributed by atoms with van der Waals surface area (Å²) in [5.41, 5.74) is 0.709. The quantitative estimate of drug-likeness (QED) is 0.195. The Kier molecular flexibility index (Phi) is 5.42. The molecule has 0 spiro atoms. The van der Waals surface area contributed by atoms with Crippen LogP contribution in [0.1, 0.15) is 17.5 Å². The molecule has 2 amide bonds. The topological polar surface area (TPSA) is 102 Å². The highest BCUT2D eigenvalue weighted by atomic mass is 35.5. The molecule has 2 aliphatic carbocycles. The van der Waals surface area contributed by atoms with Crippen LogP contribution in [0, 0.1) is 33.8 Å². The Hall–Kier alpha value is -3.23. The predicted octanol–water partition coefficient (Wildman–Crippen LogP) is 4.62. The van der Waals surface area contributed by atoms with Gasteiger partial charge < -0.3 is 4.74 Å². The van der Waals surface area contributed by atoms with Gasteiger partial charge in [0.1, 0.15) is 6.61 Å². The van der Waals surface area contributed by atoms with E-state index in [1.54, 1.807) is 24.3 Å². The van der Waals surface area contributed by atoms with Gasteiger partial charge in [0.25, 0.3) is 11.8 Å². The highest BCUT2D eigenvalue weighted by Gasteiger charge is 2.59. The first-order valence-corrected chi connectivity index (χ1v) is 11.0. The minimum absolute atomic E-state index is 0.0141. The first-order chi connectivity index (χ1) is 15.8. The van der Waals surface area contributed by atoms with Crippen molar-refractivity contribution < 1.29 is 19.2 Å². The van der Waals surface area contributed by atoms with Crippen molar-refractivity contribution in [1.82, 2.24) is 5.01 Å². The van der Waals surface area contributed by atoms with Gasteiger partial charge in [0.15, 0.2) is 5.75 Å². The number of carbonyl (C=O) groups excluding carboxylic acids is 2. The summed E-state index contributed by atoms with van der Waals surface area (Å²) < 4.78 is 5.61. The largest absolute Gasteiger partial charge is 0.482 e. The molecule has 2 bridgehead atoms. The maximum absolute atomic E-state index is 12.7. The average Bonchev–Trinajstić information content (AvgIpc) is 3.46. The number of nitro benzene ring substituents is 1. The number of hydrogen-bond acceptors (Lipinski definition) is 6. The maximum Gasteiger partial charge on any atom is 0.311 e. The van der Waals surface area contributed by atoms with Crippen LogP contribution in [0.3, 0.4) is 0 Å². The van der Waals surface area contributed by atoms with Gasteiger partial charge in [0, 0.05) is 27.2 Å². The van der Waals surface area contributed by atoms with Crippen molar-refractivity contribution in [1.29, 1.82) is 0 Å². The molecule has 0 aromatic heterocycles. The Balaban J connectivity index is 1.33. The number of carbonyl (C=O) groups is 2. The van der Waals surface area contributed by atoms with E-state index in [1.165, 1.54) is 18.3 Å². The first kappa shape index (κ1) is 21.6. The van der Waals surface area contributed by atoms with Crippen LogP contribution in [0.5, 0.6) is 5.75 Å². The smallest absolute Gasteiger partial charge is 0.311 e. The molecular weight excluding hydrogens is 469 g/mol. The SMILES string of the molecule is O=C1[C@@H]2[C@H](C(=O)N1N=Cc1ccc(OCc3ccc(Cl)cc3Cl)c([N+](=O)[O-])c1)[C@H]1C=C[C@H]2C1. The molecule has 2 fully saturated rings. The van der Waals surface area contributed by atoms with Gasteiger partial charge in [-0.25, -0.2) is 0 Å². The molecule has 0 N–H and O–H groups in total. The van der Waals surface area contributed by atoms with Crippen molar-refractivity contribution in [3.05, 3.63) is 79.8 Å². The number of hydrazone groups is 1. The van der Waals surface area contributed by atoms with Gasteiger partial charge in [-0.2, -0.15) is 10.1 Å². The summed E-state index contributed by atoms with van der Waals surface area (Å²) in [6.07, 6.45) is 6.12. The van der Waals surface area contributed by atoms with Crippen molar-refractivity contribution >= 4 is 46.9 Å². The molecule has 1 saturated heterocycles. The highest BCUT2D eigenvalue weighted by Crippen LogP contribution is 2.52. The van der Waals surface area contributed by atoms with E-state index in [0.717, 1.165) is 11.4 Å². The zero-order chi connectivity index (χ0) is 23.3. The molecule has 0 radical (unpaired) electrons. The molecule has 3 aliphatic rings. The summed E-state index contributed by atoms with van der Waals surface area (Å²) in [6.45, 7) is 0.0141. The van der Waals surface area contributed by atoms with Crippen molar-refractivity contribution in [2.75, 3.05) is 0 Å². The van der Waals surface area contributed by atoms with E-state index in [2.05, 4.69) is 5.10 Å². The van der Waals surface area contributed by atoms with Gasteiger partial charge in [-0.1, -0.05) is 41.4 Å². The third kappa shape index (κ3) is 3.79. The van der Waals surface area contributed by atoms with Gasteiger partial charge in [0.2, 0.25) is 0 Å². The fraction of sp³-hybridized carbons (Fsp3) is 0.261. The van der Waals surface area contributed by atoms with E-state index in [0.29, 0.717) is 21.2 Å².